The Balaban J connectivity index is 2.35. The average molecular weight is 220 g/mol. The van der Waals surface area contributed by atoms with E-state index in [0.717, 1.165) is 6.54 Å². The quantitative estimate of drug-likeness (QED) is 0.825. The first-order valence-corrected chi connectivity index (χ1v) is 6.36. The SMILES string of the molecule is CNC1(c2cc(C)n(CC(C)C)c2C)CC1. The minimum absolute atomic E-state index is 0.303. The molecule has 1 fully saturated rings. The number of hydrogen-bond donors (Lipinski definition) is 1. The van der Waals surface area contributed by atoms with E-state index in [1.807, 2.05) is 0 Å². The number of nitrogens with one attached hydrogen (secondary N) is 1. The predicted octanol–water partition coefficient (Wildman–Crippen LogP) is 2.97. The van der Waals surface area contributed by atoms with Gasteiger partial charge < -0.3 is 9.88 Å². The fourth-order valence-electron chi connectivity index (χ4n) is 2.71. The van der Waals surface area contributed by atoms with Gasteiger partial charge in [-0.2, -0.15) is 0 Å². The zero-order chi connectivity index (χ0) is 11.9. The Bertz CT molecular complexity index is 384. The van der Waals surface area contributed by atoms with Gasteiger partial charge in [-0.15, -0.1) is 0 Å². The molecule has 1 aliphatic carbocycles. The van der Waals surface area contributed by atoms with Crippen molar-refractivity contribution in [3.63, 3.8) is 0 Å². The van der Waals surface area contributed by atoms with Crippen LogP contribution in [0, 0.1) is 19.8 Å². The van der Waals surface area contributed by atoms with Crippen molar-refractivity contribution in [2.24, 2.45) is 5.92 Å². The van der Waals surface area contributed by atoms with Gasteiger partial charge in [0.05, 0.1) is 0 Å². The molecule has 2 heteroatoms. The fourth-order valence-corrected chi connectivity index (χ4v) is 2.71. The van der Waals surface area contributed by atoms with Crippen molar-refractivity contribution in [3.05, 3.63) is 23.0 Å². The molecule has 0 aromatic carbocycles. The van der Waals surface area contributed by atoms with Crippen LogP contribution in [0.15, 0.2) is 6.07 Å². The molecular weight excluding hydrogens is 196 g/mol. The normalized spacial score (nSPS) is 18.1. The van der Waals surface area contributed by atoms with Gasteiger partial charge in [0, 0.05) is 23.5 Å². The standard InChI is InChI=1S/C14H24N2/c1-10(2)9-16-11(3)8-13(12(16)4)14(15-5)6-7-14/h8,10,15H,6-7,9H2,1-5H3. The number of aryl methyl sites for hydroxylation is 1. The lowest BCUT2D eigenvalue weighted by Gasteiger charge is -2.16. The Hall–Kier alpha value is -0.760. The number of rotatable bonds is 4. The van der Waals surface area contributed by atoms with Crippen LogP contribution in [0.25, 0.3) is 0 Å². The van der Waals surface area contributed by atoms with E-state index in [-0.39, 0.29) is 0 Å². The lowest BCUT2D eigenvalue weighted by molar-refractivity contribution is 0.503. The molecule has 90 valence electrons. The minimum atomic E-state index is 0.303. The molecule has 1 saturated carbocycles. The van der Waals surface area contributed by atoms with Crippen molar-refractivity contribution in [2.75, 3.05) is 7.05 Å². The summed E-state index contributed by atoms with van der Waals surface area (Å²) in [6, 6.07) is 2.38. The summed E-state index contributed by atoms with van der Waals surface area (Å²) in [7, 11) is 2.08. The third kappa shape index (κ3) is 1.80. The summed E-state index contributed by atoms with van der Waals surface area (Å²) in [6.45, 7) is 10.2. The summed E-state index contributed by atoms with van der Waals surface area (Å²) in [5.74, 6) is 0.711. The molecule has 0 saturated heterocycles. The molecular formula is C14H24N2. The van der Waals surface area contributed by atoms with Gasteiger partial charge in [-0.25, -0.2) is 0 Å². The van der Waals surface area contributed by atoms with E-state index in [1.165, 1.54) is 29.8 Å². The Morgan fingerprint density at radius 3 is 2.44 bits per heavy atom. The maximum Gasteiger partial charge on any atom is 0.0451 e. The van der Waals surface area contributed by atoms with E-state index in [9.17, 15) is 0 Å². The smallest absolute Gasteiger partial charge is 0.0451 e. The maximum absolute atomic E-state index is 3.49. The molecule has 0 unspecified atom stereocenters. The van der Waals surface area contributed by atoms with Crippen LogP contribution in [0.5, 0.6) is 0 Å². The average Bonchev–Trinajstić information content (AvgIpc) is 2.97. The second kappa shape index (κ2) is 3.92. The molecule has 1 aromatic heterocycles. The Kier molecular flexibility index (Phi) is 2.87. The van der Waals surface area contributed by atoms with Gasteiger partial charge in [0.2, 0.25) is 0 Å². The van der Waals surface area contributed by atoms with Crippen molar-refractivity contribution in [2.45, 2.75) is 52.6 Å². The minimum Gasteiger partial charge on any atom is -0.349 e. The van der Waals surface area contributed by atoms with Crippen LogP contribution in [0.2, 0.25) is 0 Å². The van der Waals surface area contributed by atoms with Gasteiger partial charge in [-0.3, -0.25) is 0 Å². The van der Waals surface area contributed by atoms with Crippen LogP contribution in [0.4, 0.5) is 0 Å². The van der Waals surface area contributed by atoms with Crippen LogP contribution in [0.3, 0.4) is 0 Å². The lowest BCUT2D eigenvalue weighted by Crippen LogP contribution is -2.25. The summed E-state index contributed by atoms with van der Waals surface area (Å²) < 4.78 is 2.47. The van der Waals surface area contributed by atoms with Crippen LogP contribution in [-0.2, 0) is 12.1 Å². The van der Waals surface area contributed by atoms with Gasteiger partial charge in [-0.05, 0) is 51.3 Å². The van der Waals surface area contributed by atoms with Crippen molar-refractivity contribution in [3.8, 4) is 0 Å². The van der Waals surface area contributed by atoms with Crippen molar-refractivity contribution < 1.29 is 0 Å². The fraction of sp³-hybridized carbons (Fsp3) is 0.714. The molecule has 0 radical (unpaired) electrons. The van der Waals surface area contributed by atoms with Gasteiger partial charge in [0.1, 0.15) is 0 Å². The topological polar surface area (TPSA) is 17.0 Å². The highest BCUT2D eigenvalue weighted by atomic mass is 15.0. The molecule has 1 aromatic rings. The highest BCUT2D eigenvalue weighted by Crippen LogP contribution is 2.47. The predicted molar refractivity (Wildman–Crippen MR) is 68.7 cm³/mol. The molecule has 0 spiro atoms. The summed E-state index contributed by atoms with van der Waals surface area (Å²) in [5.41, 5.74) is 4.69. The van der Waals surface area contributed by atoms with E-state index >= 15 is 0 Å². The third-order valence-electron chi connectivity index (χ3n) is 3.87. The van der Waals surface area contributed by atoms with Gasteiger partial charge >= 0.3 is 0 Å². The molecule has 2 nitrogen and oxygen atoms in total. The zero-order valence-electron chi connectivity index (χ0n) is 11.2. The second-order valence-corrected chi connectivity index (χ2v) is 5.62. The molecule has 2 rings (SSSR count). The van der Waals surface area contributed by atoms with Gasteiger partial charge in [0.15, 0.2) is 0 Å². The van der Waals surface area contributed by atoms with Crippen LogP contribution in [-0.4, -0.2) is 11.6 Å². The van der Waals surface area contributed by atoms with E-state index in [2.05, 4.69) is 50.7 Å². The zero-order valence-corrected chi connectivity index (χ0v) is 11.2. The van der Waals surface area contributed by atoms with E-state index < -0.39 is 0 Å². The molecule has 0 atom stereocenters. The highest BCUT2D eigenvalue weighted by Gasteiger charge is 2.44. The van der Waals surface area contributed by atoms with Crippen LogP contribution >= 0.6 is 0 Å². The third-order valence-corrected chi connectivity index (χ3v) is 3.87. The number of aromatic nitrogens is 1. The summed E-state index contributed by atoms with van der Waals surface area (Å²) in [6.07, 6.45) is 2.57. The highest BCUT2D eigenvalue weighted by molar-refractivity contribution is 5.37. The summed E-state index contributed by atoms with van der Waals surface area (Å²) in [5, 5.41) is 3.49. The first-order valence-electron chi connectivity index (χ1n) is 6.36. The van der Waals surface area contributed by atoms with Gasteiger partial charge in [0.25, 0.3) is 0 Å². The Morgan fingerprint density at radius 1 is 1.38 bits per heavy atom. The monoisotopic (exact) mass is 220 g/mol. The first-order chi connectivity index (χ1) is 7.50. The molecule has 1 aliphatic rings. The molecule has 0 amide bonds. The van der Waals surface area contributed by atoms with Crippen molar-refractivity contribution in [1.82, 2.24) is 9.88 Å². The number of nitrogens with zero attached hydrogens (tertiary/aromatic N) is 1. The summed E-state index contributed by atoms with van der Waals surface area (Å²) >= 11 is 0. The Morgan fingerprint density at radius 2 is 2.00 bits per heavy atom. The maximum atomic E-state index is 3.49. The van der Waals surface area contributed by atoms with Gasteiger partial charge in [-0.1, -0.05) is 13.8 Å². The molecule has 1 heterocycles. The number of hydrogen-bond acceptors (Lipinski definition) is 1. The largest absolute Gasteiger partial charge is 0.349 e. The second-order valence-electron chi connectivity index (χ2n) is 5.62. The first kappa shape index (κ1) is 11.7. The molecule has 16 heavy (non-hydrogen) atoms. The van der Waals surface area contributed by atoms with E-state index in [4.69, 9.17) is 0 Å². The van der Waals surface area contributed by atoms with Crippen molar-refractivity contribution in [1.29, 1.82) is 0 Å². The summed E-state index contributed by atoms with van der Waals surface area (Å²) in [4.78, 5) is 0. The molecule has 0 bridgehead atoms. The van der Waals surface area contributed by atoms with E-state index in [0.29, 0.717) is 11.5 Å². The molecule has 1 N–H and O–H groups in total. The Labute approximate surface area is 99.0 Å². The lowest BCUT2D eigenvalue weighted by atomic mass is 10.1. The van der Waals surface area contributed by atoms with Crippen LogP contribution < -0.4 is 5.32 Å². The molecule has 0 aliphatic heterocycles. The van der Waals surface area contributed by atoms with E-state index in [1.54, 1.807) is 0 Å². The van der Waals surface area contributed by atoms with Crippen molar-refractivity contribution >= 4 is 0 Å². The van der Waals surface area contributed by atoms with Crippen LogP contribution in [0.1, 0.15) is 43.6 Å².